The predicted molar refractivity (Wildman–Crippen MR) is 43.4 cm³/mol. The highest BCUT2D eigenvalue weighted by Gasteiger charge is 2.16. The number of aliphatic carboxylic acids is 1. The van der Waals surface area contributed by atoms with Crippen LogP contribution in [0.1, 0.15) is 11.3 Å². The van der Waals surface area contributed by atoms with Gasteiger partial charge in [-0.2, -0.15) is 0 Å². The van der Waals surface area contributed by atoms with Gasteiger partial charge in [-0.3, -0.25) is 4.79 Å². The van der Waals surface area contributed by atoms with E-state index in [0.717, 1.165) is 0 Å². The van der Waals surface area contributed by atoms with Gasteiger partial charge in [0.25, 0.3) is 0 Å². The van der Waals surface area contributed by atoms with Gasteiger partial charge in [-0.1, -0.05) is 0 Å². The second-order valence-electron chi connectivity index (χ2n) is 2.74. The summed E-state index contributed by atoms with van der Waals surface area (Å²) in [6.07, 6.45) is 0.0624. The number of aromatic nitrogens is 1. The number of carbonyl (C=O) groups is 1. The largest absolute Gasteiger partial charge is 0.480 e. The van der Waals surface area contributed by atoms with E-state index in [4.69, 9.17) is 10.8 Å². The topological polar surface area (TPSA) is 109 Å². The van der Waals surface area contributed by atoms with E-state index < -0.39 is 17.6 Å². The zero-order valence-electron chi connectivity index (χ0n) is 7.03. The maximum Gasteiger partial charge on any atom is 0.360 e. The van der Waals surface area contributed by atoms with Crippen LogP contribution in [0.4, 0.5) is 0 Å². The van der Waals surface area contributed by atoms with Crippen molar-refractivity contribution in [3.8, 4) is 0 Å². The van der Waals surface area contributed by atoms with E-state index in [1.165, 1.54) is 0 Å². The number of hydrogen-bond acceptors (Lipinski definition) is 4. The minimum atomic E-state index is -1.11. The van der Waals surface area contributed by atoms with Crippen LogP contribution in [0.2, 0.25) is 0 Å². The molecule has 0 radical (unpaired) electrons. The van der Waals surface area contributed by atoms with Gasteiger partial charge in [0.2, 0.25) is 0 Å². The Morgan fingerprint density at radius 3 is 2.77 bits per heavy atom. The van der Waals surface area contributed by atoms with Crippen molar-refractivity contribution in [3.05, 3.63) is 21.7 Å². The third kappa shape index (κ3) is 1.97. The summed E-state index contributed by atoms with van der Waals surface area (Å²) in [7, 11) is 0. The van der Waals surface area contributed by atoms with Crippen LogP contribution in [0.15, 0.2) is 9.32 Å². The molecular weight excluding hydrogens is 176 g/mol. The molecule has 72 valence electrons. The minimum Gasteiger partial charge on any atom is -0.480 e. The second-order valence-corrected chi connectivity index (χ2v) is 2.74. The number of hydrogen-bond donors (Lipinski definition) is 3. The zero-order valence-corrected chi connectivity index (χ0v) is 7.03. The molecule has 1 rings (SSSR count). The van der Waals surface area contributed by atoms with Crippen molar-refractivity contribution >= 4 is 5.97 Å². The van der Waals surface area contributed by atoms with E-state index in [1.54, 1.807) is 6.92 Å². The third-order valence-electron chi connectivity index (χ3n) is 1.77. The molecular formula is C7H10N2O4. The van der Waals surface area contributed by atoms with E-state index in [2.05, 4.69) is 9.68 Å². The SMILES string of the molecule is Cc1c(CC(N)C(=O)O)[nH]oc1=O. The maximum absolute atomic E-state index is 10.8. The van der Waals surface area contributed by atoms with Crippen LogP contribution >= 0.6 is 0 Å². The Labute approximate surface area is 73.3 Å². The molecule has 1 atom stereocenters. The van der Waals surface area contributed by atoms with Crippen molar-refractivity contribution in [1.82, 2.24) is 5.16 Å². The molecule has 0 spiro atoms. The van der Waals surface area contributed by atoms with Crippen molar-refractivity contribution in [2.75, 3.05) is 0 Å². The number of aromatic amines is 1. The van der Waals surface area contributed by atoms with Gasteiger partial charge in [-0.15, -0.1) is 0 Å². The molecule has 0 aliphatic carbocycles. The van der Waals surface area contributed by atoms with Crippen LogP contribution in [0.25, 0.3) is 0 Å². The Morgan fingerprint density at radius 2 is 2.38 bits per heavy atom. The summed E-state index contributed by atoms with van der Waals surface area (Å²) in [5.41, 5.74) is 5.57. The van der Waals surface area contributed by atoms with Crippen molar-refractivity contribution in [3.63, 3.8) is 0 Å². The number of H-pyrrole nitrogens is 1. The first kappa shape index (κ1) is 9.53. The van der Waals surface area contributed by atoms with Gasteiger partial charge in [-0.05, 0) is 6.92 Å². The number of nitrogens with two attached hydrogens (primary N) is 1. The van der Waals surface area contributed by atoms with Crippen LogP contribution in [0.3, 0.4) is 0 Å². The van der Waals surface area contributed by atoms with Crippen molar-refractivity contribution in [2.24, 2.45) is 5.73 Å². The molecule has 6 heteroatoms. The fraction of sp³-hybridized carbons (Fsp3) is 0.429. The number of rotatable bonds is 3. The average molecular weight is 186 g/mol. The summed E-state index contributed by atoms with van der Waals surface area (Å²) in [5, 5.41) is 10.8. The lowest BCUT2D eigenvalue weighted by molar-refractivity contribution is -0.138. The number of nitrogens with one attached hydrogen (secondary N) is 1. The molecule has 0 amide bonds. The summed E-state index contributed by atoms with van der Waals surface area (Å²) >= 11 is 0. The summed E-state index contributed by atoms with van der Waals surface area (Å²) in [4.78, 5) is 21.2. The summed E-state index contributed by atoms with van der Waals surface area (Å²) in [6, 6.07) is -1.02. The van der Waals surface area contributed by atoms with Crippen LogP contribution in [-0.2, 0) is 11.2 Å². The Kier molecular flexibility index (Phi) is 2.52. The fourth-order valence-corrected chi connectivity index (χ4v) is 0.886. The lowest BCUT2D eigenvalue weighted by Crippen LogP contribution is -2.32. The zero-order chi connectivity index (χ0) is 10.0. The molecule has 6 nitrogen and oxygen atoms in total. The monoisotopic (exact) mass is 186 g/mol. The van der Waals surface area contributed by atoms with E-state index in [1.807, 2.05) is 0 Å². The number of carboxylic acid groups (broad SMARTS) is 1. The highest BCUT2D eigenvalue weighted by Crippen LogP contribution is 2.01. The van der Waals surface area contributed by atoms with E-state index >= 15 is 0 Å². The fourth-order valence-electron chi connectivity index (χ4n) is 0.886. The van der Waals surface area contributed by atoms with Crippen molar-refractivity contribution in [2.45, 2.75) is 19.4 Å². The van der Waals surface area contributed by atoms with Crippen LogP contribution in [0.5, 0.6) is 0 Å². The Morgan fingerprint density at radius 1 is 1.77 bits per heavy atom. The molecule has 0 bridgehead atoms. The second kappa shape index (κ2) is 3.44. The van der Waals surface area contributed by atoms with E-state index in [0.29, 0.717) is 11.3 Å². The van der Waals surface area contributed by atoms with E-state index in [9.17, 15) is 9.59 Å². The molecule has 1 aromatic rings. The minimum absolute atomic E-state index is 0.0624. The van der Waals surface area contributed by atoms with Crippen LogP contribution in [0, 0.1) is 6.92 Å². The Balaban J connectivity index is 2.80. The van der Waals surface area contributed by atoms with Crippen LogP contribution < -0.4 is 11.4 Å². The molecule has 0 aliphatic rings. The van der Waals surface area contributed by atoms with Gasteiger partial charge in [0.05, 0.1) is 11.3 Å². The summed E-state index contributed by atoms with van der Waals surface area (Å²) < 4.78 is 4.45. The average Bonchev–Trinajstić information content (AvgIpc) is 2.36. The lowest BCUT2D eigenvalue weighted by Gasteiger charge is -2.03. The maximum atomic E-state index is 10.8. The summed E-state index contributed by atoms with van der Waals surface area (Å²) in [6.45, 7) is 1.55. The molecule has 0 saturated carbocycles. The first-order valence-corrected chi connectivity index (χ1v) is 3.67. The number of carboxylic acids is 1. The van der Waals surface area contributed by atoms with Gasteiger partial charge < -0.3 is 15.4 Å². The standard InChI is InChI=1S/C7H10N2O4/c1-3-5(9-13-7(3)12)2-4(8)6(10)11/h4,9H,2,8H2,1H3,(H,10,11). The highest BCUT2D eigenvalue weighted by molar-refractivity contribution is 5.73. The molecule has 1 heterocycles. The molecule has 4 N–H and O–H groups in total. The van der Waals surface area contributed by atoms with Gasteiger partial charge in [0.1, 0.15) is 6.04 Å². The first-order valence-electron chi connectivity index (χ1n) is 3.67. The molecule has 0 aromatic carbocycles. The van der Waals surface area contributed by atoms with Crippen LogP contribution in [-0.4, -0.2) is 22.3 Å². The van der Waals surface area contributed by atoms with Gasteiger partial charge in [0.15, 0.2) is 0 Å². The van der Waals surface area contributed by atoms with E-state index in [-0.39, 0.29) is 6.42 Å². The highest BCUT2D eigenvalue weighted by atomic mass is 16.5. The molecule has 1 aromatic heterocycles. The molecule has 13 heavy (non-hydrogen) atoms. The normalized spacial score (nSPS) is 12.8. The lowest BCUT2D eigenvalue weighted by atomic mass is 10.1. The smallest absolute Gasteiger partial charge is 0.360 e. The predicted octanol–water partition coefficient (Wildman–Crippen LogP) is -0.769. The quantitative estimate of drug-likeness (QED) is 0.574. The molecule has 1 unspecified atom stereocenters. The Hall–Kier alpha value is -1.56. The van der Waals surface area contributed by atoms with Crippen molar-refractivity contribution in [1.29, 1.82) is 0 Å². The first-order chi connectivity index (χ1) is 6.02. The molecule has 0 saturated heterocycles. The summed E-state index contributed by atoms with van der Waals surface area (Å²) in [5.74, 6) is -1.11. The Bertz CT molecular complexity index is 365. The van der Waals surface area contributed by atoms with Crippen molar-refractivity contribution < 1.29 is 14.4 Å². The molecule has 0 fully saturated rings. The third-order valence-corrected chi connectivity index (χ3v) is 1.77. The van der Waals surface area contributed by atoms with Gasteiger partial charge in [-0.25, -0.2) is 9.95 Å². The van der Waals surface area contributed by atoms with Gasteiger partial charge >= 0.3 is 11.6 Å². The molecule has 0 aliphatic heterocycles. The van der Waals surface area contributed by atoms with Gasteiger partial charge in [0, 0.05) is 6.42 Å².